The maximum absolute atomic E-state index is 12.8. The number of benzene rings is 1. The van der Waals surface area contributed by atoms with E-state index in [9.17, 15) is 18.9 Å². The number of halogens is 3. The number of aliphatic imine (C=N–C) groups is 1. The Morgan fingerprint density at radius 2 is 2.16 bits per heavy atom. The van der Waals surface area contributed by atoms with Crippen molar-refractivity contribution in [1.82, 2.24) is 20.4 Å². The highest BCUT2D eigenvalue weighted by Gasteiger charge is 2.12. The molecule has 2 aromatic rings. The summed E-state index contributed by atoms with van der Waals surface area (Å²) in [7, 11) is 1.56. The lowest BCUT2D eigenvalue weighted by atomic mass is 10.2. The third-order valence-electron chi connectivity index (χ3n) is 3.86. The van der Waals surface area contributed by atoms with Crippen LogP contribution in [0.15, 0.2) is 35.6 Å². The molecule has 1 aromatic heterocycles. The van der Waals surface area contributed by atoms with E-state index in [0.717, 1.165) is 6.42 Å². The summed E-state index contributed by atoms with van der Waals surface area (Å²) in [6, 6.07) is 4.76. The Labute approximate surface area is 195 Å². The molecular formula is C18H25F2IN6O4. The number of rotatable bonds is 11. The predicted molar refractivity (Wildman–Crippen MR) is 121 cm³/mol. The van der Waals surface area contributed by atoms with Crippen molar-refractivity contribution < 1.29 is 23.2 Å². The van der Waals surface area contributed by atoms with E-state index in [0.29, 0.717) is 37.0 Å². The van der Waals surface area contributed by atoms with Gasteiger partial charge in [0.05, 0.1) is 18.1 Å². The Morgan fingerprint density at radius 3 is 2.77 bits per heavy atom. The van der Waals surface area contributed by atoms with E-state index < -0.39 is 11.5 Å². The van der Waals surface area contributed by atoms with Crippen LogP contribution in [0, 0.1) is 10.1 Å². The molecule has 0 aliphatic rings. The maximum atomic E-state index is 12.8. The van der Waals surface area contributed by atoms with E-state index in [2.05, 4.69) is 25.5 Å². The minimum atomic E-state index is -2.96. The second-order valence-corrected chi connectivity index (χ2v) is 6.07. The first-order valence-corrected chi connectivity index (χ1v) is 9.24. The van der Waals surface area contributed by atoms with E-state index in [1.807, 2.05) is 6.92 Å². The van der Waals surface area contributed by atoms with Gasteiger partial charge in [0.15, 0.2) is 5.96 Å². The Balaban J connectivity index is 0.00000480. The van der Waals surface area contributed by atoms with Crippen LogP contribution in [0.3, 0.4) is 0 Å². The van der Waals surface area contributed by atoms with Gasteiger partial charge in [-0.25, -0.2) is 0 Å². The first kappa shape index (κ1) is 26.3. The topological polar surface area (TPSA) is 116 Å². The minimum absolute atomic E-state index is 0. The van der Waals surface area contributed by atoms with Crippen LogP contribution >= 0.6 is 24.0 Å². The van der Waals surface area contributed by atoms with Crippen molar-refractivity contribution in [1.29, 1.82) is 0 Å². The monoisotopic (exact) mass is 554 g/mol. The standard InChI is InChI=1S/C18H24F2N6O4.HI/c1-3-8-29-15-5-4-13(16(9-15)30-17(19)20)10-23-18(21-2)22-6-7-25-12-14(11-24-25)26(27)28;/h4-5,9,11-12,17H,3,6-8,10H2,1-2H3,(H2,21,22,23);1H. The molecule has 0 fully saturated rings. The molecule has 0 aliphatic heterocycles. The molecule has 31 heavy (non-hydrogen) atoms. The van der Waals surface area contributed by atoms with Gasteiger partial charge in [0.2, 0.25) is 0 Å². The second-order valence-electron chi connectivity index (χ2n) is 6.07. The number of alkyl halides is 2. The van der Waals surface area contributed by atoms with E-state index in [-0.39, 0.29) is 42.0 Å². The van der Waals surface area contributed by atoms with Gasteiger partial charge in [0.25, 0.3) is 0 Å². The summed E-state index contributed by atoms with van der Waals surface area (Å²) in [5.74, 6) is 0.892. The molecule has 10 nitrogen and oxygen atoms in total. The van der Waals surface area contributed by atoms with Gasteiger partial charge in [-0.2, -0.15) is 13.9 Å². The van der Waals surface area contributed by atoms with Gasteiger partial charge in [-0.05, 0) is 18.6 Å². The molecule has 0 unspecified atom stereocenters. The number of hydrogen-bond acceptors (Lipinski definition) is 6. The fourth-order valence-corrected chi connectivity index (χ4v) is 2.45. The Kier molecular flexibility index (Phi) is 11.5. The lowest BCUT2D eigenvalue weighted by Crippen LogP contribution is -2.38. The molecule has 0 radical (unpaired) electrons. The summed E-state index contributed by atoms with van der Waals surface area (Å²) in [5, 5.41) is 20.6. The molecule has 0 amide bonds. The average molecular weight is 554 g/mol. The summed E-state index contributed by atoms with van der Waals surface area (Å²) in [6.45, 7) is 0.410. The average Bonchev–Trinajstić information content (AvgIpc) is 3.19. The first-order valence-electron chi connectivity index (χ1n) is 9.24. The number of aromatic nitrogens is 2. The number of nitro groups is 1. The van der Waals surface area contributed by atoms with E-state index in [1.165, 1.54) is 23.1 Å². The van der Waals surface area contributed by atoms with E-state index in [1.54, 1.807) is 19.2 Å². The number of nitrogens with zero attached hydrogens (tertiary/aromatic N) is 4. The van der Waals surface area contributed by atoms with Crippen molar-refractivity contribution in [2.24, 2.45) is 4.99 Å². The smallest absolute Gasteiger partial charge is 0.387 e. The number of hydrogen-bond donors (Lipinski definition) is 2. The molecule has 0 atom stereocenters. The molecule has 0 aliphatic carbocycles. The van der Waals surface area contributed by atoms with Crippen molar-refractivity contribution in [3.63, 3.8) is 0 Å². The molecular weight excluding hydrogens is 529 g/mol. The molecule has 0 bridgehead atoms. The van der Waals surface area contributed by atoms with Gasteiger partial charge in [0.1, 0.15) is 23.9 Å². The number of guanidine groups is 1. The van der Waals surface area contributed by atoms with Crippen molar-refractivity contribution in [2.75, 3.05) is 20.2 Å². The Bertz CT molecular complexity index is 865. The fraction of sp³-hybridized carbons (Fsp3) is 0.444. The molecule has 1 aromatic carbocycles. The summed E-state index contributed by atoms with van der Waals surface area (Å²) < 4.78 is 37.0. The molecule has 13 heteroatoms. The zero-order valence-corrected chi connectivity index (χ0v) is 19.4. The second kappa shape index (κ2) is 13.6. The molecule has 172 valence electrons. The van der Waals surface area contributed by atoms with Gasteiger partial charge in [-0.3, -0.25) is 19.8 Å². The molecule has 0 spiro atoms. The van der Waals surface area contributed by atoms with E-state index in [4.69, 9.17) is 4.74 Å². The van der Waals surface area contributed by atoms with Crippen molar-refractivity contribution in [3.8, 4) is 11.5 Å². The van der Waals surface area contributed by atoms with Crippen LogP contribution in [0.2, 0.25) is 0 Å². The SMILES string of the molecule is CCCOc1ccc(CNC(=NC)NCCn2cc([N+](=O)[O-])cn2)c(OC(F)F)c1.I. The minimum Gasteiger partial charge on any atom is -0.493 e. The van der Waals surface area contributed by atoms with Gasteiger partial charge in [-0.1, -0.05) is 6.92 Å². The predicted octanol–water partition coefficient (Wildman–Crippen LogP) is 3.16. The van der Waals surface area contributed by atoms with Crippen LogP contribution in [-0.4, -0.2) is 47.5 Å². The van der Waals surface area contributed by atoms with Crippen LogP contribution < -0.4 is 20.1 Å². The summed E-state index contributed by atoms with van der Waals surface area (Å²) in [5.41, 5.74) is 0.417. The fourth-order valence-electron chi connectivity index (χ4n) is 2.45. The third kappa shape index (κ3) is 8.90. The highest BCUT2D eigenvalue weighted by Crippen LogP contribution is 2.26. The summed E-state index contributed by atoms with van der Waals surface area (Å²) in [4.78, 5) is 14.2. The summed E-state index contributed by atoms with van der Waals surface area (Å²) in [6.07, 6.45) is 3.29. The van der Waals surface area contributed by atoms with E-state index >= 15 is 0 Å². The zero-order chi connectivity index (χ0) is 21.9. The summed E-state index contributed by atoms with van der Waals surface area (Å²) >= 11 is 0. The number of nitrogens with one attached hydrogen (secondary N) is 2. The van der Waals surface area contributed by atoms with Crippen molar-refractivity contribution in [3.05, 3.63) is 46.3 Å². The molecule has 2 N–H and O–H groups in total. The Morgan fingerprint density at radius 1 is 1.39 bits per heavy atom. The van der Waals surface area contributed by atoms with Gasteiger partial charge >= 0.3 is 12.3 Å². The molecule has 0 saturated heterocycles. The van der Waals surface area contributed by atoms with Crippen LogP contribution in [0.1, 0.15) is 18.9 Å². The maximum Gasteiger partial charge on any atom is 0.387 e. The zero-order valence-electron chi connectivity index (χ0n) is 17.1. The number of ether oxygens (including phenoxy) is 2. The Hall–Kier alpha value is -2.71. The van der Waals surface area contributed by atoms with Gasteiger partial charge in [-0.15, -0.1) is 24.0 Å². The van der Waals surface area contributed by atoms with Gasteiger partial charge < -0.3 is 20.1 Å². The molecule has 2 rings (SSSR count). The van der Waals surface area contributed by atoms with Crippen molar-refractivity contribution in [2.45, 2.75) is 33.0 Å². The quantitative estimate of drug-likeness (QED) is 0.144. The lowest BCUT2D eigenvalue weighted by molar-refractivity contribution is -0.385. The van der Waals surface area contributed by atoms with Crippen LogP contribution in [0.5, 0.6) is 11.5 Å². The third-order valence-corrected chi connectivity index (χ3v) is 3.86. The van der Waals surface area contributed by atoms with Crippen molar-refractivity contribution >= 4 is 35.6 Å². The largest absolute Gasteiger partial charge is 0.493 e. The highest BCUT2D eigenvalue weighted by atomic mass is 127. The molecule has 1 heterocycles. The van der Waals surface area contributed by atoms with Gasteiger partial charge in [0, 0.05) is 31.8 Å². The van der Waals surface area contributed by atoms with Crippen LogP contribution in [-0.2, 0) is 13.1 Å². The first-order chi connectivity index (χ1) is 14.4. The normalized spacial score (nSPS) is 11.1. The lowest BCUT2D eigenvalue weighted by Gasteiger charge is -2.16. The molecule has 0 saturated carbocycles. The van der Waals surface area contributed by atoms with Crippen LogP contribution in [0.4, 0.5) is 14.5 Å². The van der Waals surface area contributed by atoms with Crippen LogP contribution in [0.25, 0.3) is 0 Å². The highest BCUT2D eigenvalue weighted by molar-refractivity contribution is 14.0.